The van der Waals surface area contributed by atoms with Crippen molar-refractivity contribution < 1.29 is 0 Å². The number of nitrogen functional groups attached to an aromatic ring is 1. The lowest BCUT2D eigenvalue weighted by Crippen LogP contribution is -1.91. The number of rotatable bonds is 1. The molecule has 0 saturated carbocycles. The van der Waals surface area contributed by atoms with E-state index in [1.165, 1.54) is 11.3 Å². The zero-order chi connectivity index (χ0) is 11.1. The van der Waals surface area contributed by atoms with E-state index in [1.54, 1.807) is 16.9 Å². The molecule has 2 heterocycles. The second-order valence-electron chi connectivity index (χ2n) is 3.17. The Morgan fingerprint density at radius 1 is 1.38 bits per heavy atom. The number of aromatic nitrogens is 4. The molecule has 7 heteroatoms. The van der Waals surface area contributed by atoms with Crippen LogP contribution in [0.2, 0.25) is 5.02 Å². The highest BCUT2D eigenvalue weighted by atomic mass is 35.5. The van der Waals surface area contributed by atoms with E-state index < -0.39 is 0 Å². The highest BCUT2D eigenvalue weighted by molar-refractivity contribution is 7.19. The van der Waals surface area contributed by atoms with Crippen LogP contribution in [-0.4, -0.2) is 19.8 Å². The number of halogens is 1. The molecule has 0 aliphatic heterocycles. The Labute approximate surface area is 99.5 Å². The van der Waals surface area contributed by atoms with E-state index >= 15 is 0 Å². The number of benzene rings is 1. The fraction of sp³-hybridized carbons (Fsp3) is 0. The molecule has 2 N–H and O–H groups in total. The molecule has 3 rings (SSSR count). The molecule has 0 amide bonds. The molecule has 0 unspecified atom stereocenters. The summed E-state index contributed by atoms with van der Waals surface area (Å²) in [6.07, 6.45) is 1.55. The van der Waals surface area contributed by atoms with Gasteiger partial charge in [-0.05, 0) is 12.1 Å². The first-order chi connectivity index (χ1) is 7.75. The maximum atomic E-state index is 5.95. The van der Waals surface area contributed by atoms with Crippen LogP contribution in [0.5, 0.6) is 0 Å². The molecule has 80 valence electrons. The van der Waals surface area contributed by atoms with E-state index in [1.807, 2.05) is 12.1 Å². The van der Waals surface area contributed by atoms with Gasteiger partial charge in [0.2, 0.25) is 4.96 Å². The van der Waals surface area contributed by atoms with Crippen molar-refractivity contribution in [2.24, 2.45) is 0 Å². The van der Waals surface area contributed by atoms with Gasteiger partial charge in [-0.3, -0.25) is 0 Å². The summed E-state index contributed by atoms with van der Waals surface area (Å²) in [4.78, 5) is 0.731. The van der Waals surface area contributed by atoms with Gasteiger partial charge in [0.05, 0.1) is 10.7 Å². The van der Waals surface area contributed by atoms with Crippen LogP contribution in [0, 0.1) is 0 Å². The van der Waals surface area contributed by atoms with Crippen molar-refractivity contribution in [3.05, 3.63) is 29.5 Å². The van der Waals surface area contributed by atoms with E-state index in [-0.39, 0.29) is 0 Å². The average Bonchev–Trinajstić information content (AvgIpc) is 2.81. The minimum Gasteiger partial charge on any atom is -0.397 e. The van der Waals surface area contributed by atoms with Crippen LogP contribution in [0.1, 0.15) is 0 Å². The van der Waals surface area contributed by atoms with Gasteiger partial charge in [-0.25, -0.2) is 0 Å². The van der Waals surface area contributed by atoms with Gasteiger partial charge in [0.25, 0.3) is 0 Å². The minimum atomic E-state index is 0.531. The molecule has 2 aromatic heterocycles. The summed E-state index contributed by atoms with van der Waals surface area (Å²) in [6, 6.07) is 5.48. The van der Waals surface area contributed by atoms with E-state index in [4.69, 9.17) is 17.3 Å². The Kier molecular flexibility index (Phi) is 2.05. The lowest BCUT2D eigenvalue weighted by atomic mass is 10.2. The monoisotopic (exact) mass is 251 g/mol. The number of nitrogens with two attached hydrogens (primary N) is 1. The van der Waals surface area contributed by atoms with Crippen LogP contribution < -0.4 is 5.73 Å². The van der Waals surface area contributed by atoms with Gasteiger partial charge in [0, 0.05) is 5.56 Å². The highest BCUT2D eigenvalue weighted by Gasteiger charge is 2.11. The van der Waals surface area contributed by atoms with Crippen molar-refractivity contribution in [2.75, 3.05) is 5.73 Å². The summed E-state index contributed by atoms with van der Waals surface area (Å²) < 4.78 is 1.61. The molecular weight excluding hydrogens is 246 g/mol. The van der Waals surface area contributed by atoms with Crippen LogP contribution in [0.3, 0.4) is 0 Å². The van der Waals surface area contributed by atoms with E-state index in [2.05, 4.69) is 15.3 Å². The molecule has 0 fully saturated rings. The summed E-state index contributed by atoms with van der Waals surface area (Å²) in [5.74, 6) is 0. The van der Waals surface area contributed by atoms with Crippen molar-refractivity contribution in [1.29, 1.82) is 0 Å². The molecule has 0 aliphatic carbocycles. The predicted octanol–water partition coefficient (Wildman–Crippen LogP) is 2.09. The summed E-state index contributed by atoms with van der Waals surface area (Å²) in [6.45, 7) is 0. The third-order valence-electron chi connectivity index (χ3n) is 2.17. The average molecular weight is 252 g/mol. The first kappa shape index (κ1) is 9.56. The van der Waals surface area contributed by atoms with Crippen LogP contribution in [0.4, 0.5) is 5.69 Å². The molecule has 0 aliphatic rings. The van der Waals surface area contributed by atoms with Gasteiger partial charge in [0.15, 0.2) is 0 Å². The molecule has 0 radical (unpaired) electrons. The molecule has 5 nitrogen and oxygen atoms in total. The smallest absolute Gasteiger partial charge is 0.234 e. The number of para-hydroxylation sites is 1. The lowest BCUT2D eigenvalue weighted by Gasteiger charge is -2.02. The van der Waals surface area contributed by atoms with Crippen molar-refractivity contribution in [1.82, 2.24) is 19.8 Å². The topological polar surface area (TPSA) is 69.1 Å². The Bertz CT molecular complexity index is 630. The van der Waals surface area contributed by atoms with Crippen molar-refractivity contribution in [2.45, 2.75) is 0 Å². The van der Waals surface area contributed by atoms with Gasteiger partial charge in [0.1, 0.15) is 11.3 Å². The Balaban J connectivity index is 2.23. The van der Waals surface area contributed by atoms with E-state index in [0.717, 1.165) is 15.5 Å². The largest absolute Gasteiger partial charge is 0.397 e. The van der Waals surface area contributed by atoms with Gasteiger partial charge in [-0.1, -0.05) is 29.0 Å². The van der Waals surface area contributed by atoms with E-state index in [9.17, 15) is 0 Å². The van der Waals surface area contributed by atoms with Gasteiger partial charge in [-0.15, -0.1) is 10.2 Å². The quantitative estimate of drug-likeness (QED) is 0.673. The van der Waals surface area contributed by atoms with Gasteiger partial charge >= 0.3 is 0 Å². The fourth-order valence-corrected chi connectivity index (χ4v) is 2.43. The molecule has 16 heavy (non-hydrogen) atoms. The predicted molar refractivity (Wildman–Crippen MR) is 63.5 cm³/mol. The zero-order valence-electron chi connectivity index (χ0n) is 7.96. The second-order valence-corrected chi connectivity index (χ2v) is 4.53. The van der Waals surface area contributed by atoms with E-state index in [0.29, 0.717) is 10.7 Å². The molecule has 1 aromatic carbocycles. The maximum absolute atomic E-state index is 5.95. The van der Waals surface area contributed by atoms with Crippen LogP contribution in [0.25, 0.3) is 15.5 Å². The first-order valence-electron chi connectivity index (χ1n) is 4.47. The molecule has 3 aromatic rings. The summed E-state index contributed by atoms with van der Waals surface area (Å²) in [5.41, 5.74) is 7.25. The maximum Gasteiger partial charge on any atom is 0.234 e. The normalized spacial score (nSPS) is 11.1. The minimum absolute atomic E-state index is 0.531. The third-order valence-corrected chi connectivity index (χ3v) is 3.45. The Morgan fingerprint density at radius 2 is 2.25 bits per heavy atom. The van der Waals surface area contributed by atoms with Crippen LogP contribution in [-0.2, 0) is 0 Å². The number of fused-ring (bicyclic) bond motifs is 1. The summed E-state index contributed by atoms with van der Waals surface area (Å²) in [5, 5.41) is 13.3. The SMILES string of the molecule is Nc1c(Cl)cccc1-c1nn2cnnc2s1. The highest BCUT2D eigenvalue weighted by Crippen LogP contribution is 2.33. The Hall–Kier alpha value is -1.66. The zero-order valence-corrected chi connectivity index (χ0v) is 9.53. The molecule has 0 spiro atoms. The number of nitrogens with zero attached hydrogens (tertiary/aromatic N) is 4. The fourth-order valence-electron chi connectivity index (χ4n) is 1.39. The van der Waals surface area contributed by atoms with Gasteiger partial charge < -0.3 is 5.73 Å². The number of anilines is 1. The van der Waals surface area contributed by atoms with Crippen LogP contribution in [0.15, 0.2) is 24.5 Å². The number of hydrogen-bond donors (Lipinski definition) is 1. The van der Waals surface area contributed by atoms with Crippen LogP contribution >= 0.6 is 22.9 Å². The van der Waals surface area contributed by atoms with Crippen molar-refractivity contribution in [3.63, 3.8) is 0 Å². The molecule has 0 saturated heterocycles. The van der Waals surface area contributed by atoms with Crippen molar-refractivity contribution in [3.8, 4) is 10.6 Å². The first-order valence-corrected chi connectivity index (χ1v) is 5.66. The Morgan fingerprint density at radius 3 is 3.06 bits per heavy atom. The molecule has 0 atom stereocenters. The van der Waals surface area contributed by atoms with Crippen molar-refractivity contribution >= 4 is 33.6 Å². The molecular formula is C9H6ClN5S. The second kappa shape index (κ2) is 3.43. The third kappa shape index (κ3) is 1.35. The number of hydrogen-bond acceptors (Lipinski definition) is 5. The lowest BCUT2D eigenvalue weighted by molar-refractivity contribution is 0.960. The van der Waals surface area contributed by atoms with Gasteiger partial charge in [-0.2, -0.15) is 9.61 Å². The summed E-state index contributed by atoms with van der Waals surface area (Å²) in [7, 11) is 0. The molecule has 0 bridgehead atoms. The summed E-state index contributed by atoms with van der Waals surface area (Å²) >= 11 is 7.37. The standard InChI is InChI=1S/C9H6ClN5S/c10-6-3-1-2-5(7(6)11)8-14-15-4-12-13-9(15)16-8/h1-4H,11H2.